The summed E-state index contributed by atoms with van der Waals surface area (Å²) in [6, 6.07) is 27.7. The predicted molar refractivity (Wildman–Crippen MR) is 168 cm³/mol. The number of aromatic nitrogens is 3. The maximum atomic E-state index is 12.9. The van der Waals surface area contributed by atoms with Gasteiger partial charge >= 0.3 is 0 Å². The molecule has 3 heterocycles. The van der Waals surface area contributed by atoms with Gasteiger partial charge in [0.2, 0.25) is 5.91 Å². The zero-order valence-electron chi connectivity index (χ0n) is 24.6. The number of hydrogen-bond donors (Lipinski definition) is 0. The average molecular weight is 576 g/mol. The largest absolute Gasteiger partial charge is 0.457 e. The van der Waals surface area contributed by atoms with Gasteiger partial charge in [-0.3, -0.25) is 4.79 Å². The van der Waals surface area contributed by atoms with Crippen LogP contribution >= 0.6 is 0 Å². The molecule has 8 heteroatoms. The fourth-order valence-electron chi connectivity index (χ4n) is 5.56. The molecule has 43 heavy (non-hydrogen) atoms. The van der Waals surface area contributed by atoms with Crippen molar-refractivity contribution in [2.75, 3.05) is 31.1 Å². The standard InChI is InChI=1S/C35H37N5O3/c1-2-3-6-19-31(41)39-20-12-21-40(23-22-39)34-32-33(27-15-11-18-29(25-27)42-28-16-9-5-10-17-28)38-43-35(32)37-30(36-34)24-26-13-7-4-8-14-26/h4-5,7-11,13-18,25H,2-3,6,12,19-24H2,1H3. The first-order valence-corrected chi connectivity index (χ1v) is 15.2. The number of carbonyl (C=O) groups is 1. The summed E-state index contributed by atoms with van der Waals surface area (Å²) in [5, 5.41) is 5.28. The van der Waals surface area contributed by atoms with Crippen molar-refractivity contribution in [1.82, 2.24) is 20.0 Å². The van der Waals surface area contributed by atoms with Crippen LogP contribution in [0.1, 0.15) is 50.4 Å². The van der Waals surface area contributed by atoms with Crippen LogP contribution in [-0.4, -0.2) is 52.1 Å². The van der Waals surface area contributed by atoms with Gasteiger partial charge < -0.3 is 19.1 Å². The molecule has 8 nitrogen and oxygen atoms in total. The summed E-state index contributed by atoms with van der Waals surface area (Å²) < 4.78 is 12.0. The van der Waals surface area contributed by atoms with Crippen molar-refractivity contribution in [3.8, 4) is 22.8 Å². The number of nitrogens with zero attached hydrogens (tertiary/aromatic N) is 5. The number of benzene rings is 3. The van der Waals surface area contributed by atoms with Crippen molar-refractivity contribution < 1.29 is 14.1 Å². The zero-order chi connectivity index (χ0) is 29.4. The molecule has 3 aromatic carbocycles. The Kier molecular flexibility index (Phi) is 8.92. The maximum Gasteiger partial charge on any atom is 0.263 e. The second kappa shape index (κ2) is 13.5. The van der Waals surface area contributed by atoms with Gasteiger partial charge in [0.1, 0.15) is 34.2 Å². The monoisotopic (exact) mass is 575 g/mol. The van der Waals surface area contributed by atoms with E-state index in [4.69, 9.17) is 19.2 Å². The first-order valence-electron chi connectivity index (χ1n) is 15.2. The van der Waals surface area contributed by atoms with E-state index in [9.17, 15) is 4.79 Å². The zero-order valence-corrected chi connectivity index (χ0v) is 24.6. The van der Waals surface area contributed by atoms with E-state index in [1.54, 1.807) is 0 Å². The predicted octanol–water partition coefficient (Wildman–Crippen LogP) is 7.29. The minimum atomic E-state index is 0.244. The molecule has 0 unspecified atom stereocenters. The molecule has 0 saturated carbocycles. The van der Waals surface area contributed by atoms with Gasteiger partial charge in [0.15, 0.2) is 0 Å². The SMILES string of the molecule is CCCCCC(=O)N1CCCN(c2nc(Cc3ccccc3)nc3onc(-c4cccc(Oc5ccccc5)c4)c23)CC1. The lowest BCUT2D eigenvalue weighted by molar-refractivity contribution is -0.131. The Labute approximate surface area is 252 Å². The molecule has 1 aliphatic rings. The third kappa shape index (κ3) is 6.85. The highest BCUT2D eigenvalue weighted by Crippen LogP contribution is 2.36. The number of amides is 1. The Morgan fingerprint density at radius 3 is 2.47 bits per heavy atom. The molecule has 0 radical (unpaired) electrons. The molecule has 0 spiro atoms. The normalized spacial score (nSPS) is 13.7. The van der Waals surface area contributed by atoms with Crippen LogP contribution in [0, 0.1) is 0 Å². The fraction of sp³-hybridized carbons (Fsp3) is 0.314. The van der Waals surface area contributed by atoms with Gasteiger partial charge in [-0.2, -0.15) is 4.98 Å². The van der Waals surface area contributed by atoms with E-state index in [2.05, 4.69) is 29.1 Å². The van der Waals surface area contributed by atoms with Crippen LogP contribution in [0.25, 0.3) is 22.4 Å². The lowest BCUT2D eigenvalue weighted by Crippen LogP contribution is -2.35. The summed E-state index contributed by atoms with van der Waals surface area (Å²) >= 11 is 0. The molecule has 2 aromatic heterocycles. The van der Waals surface area contributed by atoms with Gasteiger partial charge in [-0.1, -0.05) is 85.6 Å². The van der Waals surface area contributed by atoms with Crippen LogP contribution in [0.5, 0.6) is 11.5 Å². The molecule has 1 fully saturated rings. The Bertz CT molecular complexity index is 1650. The molecule has 0 bridgehead atoms. The molecule has 0 N–H and O–H groups in total. The number of unbranched alkanes of at least 4 members (excludes halogenated alkanes) is 2. The molecular weight excluding hydrogens is 538 g/mol. The van der Waals surface area contributed by atoms with E-state index in [-0.39, 0.29) is 5.91 Å². The van der Waals surface area contributed by atoms with Crippen molar-refractivity contribution in [3.63, 3.8) is 0 Å². The summed E-state index contributed by atoms with van der Waals surface area (Å²) in [6.07, 6.45) is 5.20. The maximum absolute atomic E-state index is 12.9. The topological polar surface area (TPSA) is 84.6 Å². The number of anilines is 1. The first kappa shape index (κ1) is 28.4. The highest BCUT2D eigenvalue weighted by Gasteiger charge is 2.26. The summed E-state index contributed by atoms with van der Waals surface area (Å²) in [4.78, 5) is 27.2. The molecule has 5 aromatic rings. The highest BCUT2D eigenvalue weighted by molar-refractivity contribution is 5.98. The van der Waals surface area contributed by atoms with Crippen LogP contribution in [0.15, 0.2) is 89.5 Å². The third-order valence-corrected chi connectivity index (χ3v) is 7.80. The second-order valence-corrected chi connectivity index (χ2v) is 11.0. The Morgan fingerprint density at radius 1 is 0.860 bits per heavy atom. The van der Waals surface area contributed by atoms with Crippen molar-refractivity contribution in [2.24, 2.45) is 0 Å². The Hall–Kier alpha value is -4.72. The van der Waals surface area contributed by atoms with E-state index in [1.807, 2.05) is 77.7 Å². The molecule has 0 atom stereocenters. The quantitative estimate of drug-likeness (QED) is 0.162. The summed E-state index contributed by atoms with van der Waals surface area (Å²) in [6.45, 7) is 5.03. The van der Waals surface area contributed by atoms with Crippen LogP contribution in [0.4, 0.5) is 5.82 Å². The van der Waals surface area contributed by atoms with Crippen LogP contribution in [0.3, 0.4) is 0 Å². The number of ether oxygens (including phenoxy) is 1. The average Bonchev–Trinajstić information content (AvgIpc) is 3.30. The summed E-state index contributed by atoms with van der Waals surface area (Å²) in [7, 11) is 0. The minimum Gasteiger partial charge on any atom is -0.457 e. The Morgan fingerprint density at radius 2 is 1.65 bits per heavy atom. The fourth-order valence-corrected chi connectivity index (χ4v) is 5.56. The van der Waals surface area contributed by atoms with Gasteiger partial charge in [-0.25, -0.2) is 4.98 Å². The molecule has 1 saturated heterocycles. The number of hydrogen-bond acceptors (Lipinski definition) is 7. The van der Waals surface area contributed by atoms with Gasteiger partial charge in [-0.05, 0) is 42.7 Å². The first-order chi connectivity index (χ1) is 21.2. The number of fused-ring (bicyclic) bond motifs is 1. The molecule has 220 valence electrons. The van der Waals surface area contributed by atoms with Crippen LogP contribution in [-0.2, 0) is 11.2 Å². The van der Waals surface area contributed by atoms with Crippen molar-refractivity contribution in [3.05, 3.63) is 96.3 Å². The number of rotatable bonds is 10. The van der Waals surface area contributed by atoms with Gasteiger partial charge in [-0.15, -0.1) is 0 Å². The number of para-hydroxylation sites is 1. The van der Waals surface area contributed by atoms with E-state index in [1.165, 1.54) is 0 Å². The lowest BCUT2D eigenvalue weighted by Gasteiger charge is -2.24. The molecular formula is C35H37N5O3. The molecule has 1 aliphatic heterocycles. The van der Waals surface area contributed by atoms with Crippen molar-refractivity contribution >= 4 is 22.8 Å². The van der Waals surface area contributed by atoms with Gasteiger partial charge in [0.05, 0.1) is 0 Å². The molecule has 0 aliphatic carbocycles. The third-order valence-electron chi connectivity index (χ3n) is 7.80. The molecule has 6 rings (SSSR count). The van der Waals surface area contributed by atoms with E-state index < -0.39 is 0 Å². The summed E-state index contributed by atoms with van der Waals surface area (Å²) in [5.41, 5.74) is 3.11. The second-order valence-electron chi connectivity index (χ2n) is 11.0. The van der Waals surface area contributed by atoms with Crippen LogP contribution in [0.2, 0.25) is 0 Å². The van der Waals surface area contributed by atoms with Crippen molar-refractivity contribution in [1.29, 1.82) is 0 Å². The van der Waals surface area contributed by atoms with Gasteiger partial charge in [0, 0.05) is 44.6 Å². The minimum absolute atomic E-state index is 0.244. The summed E-state index contributed by atoms with van der Waals surface area (Å²) in [5.74, 6) is 3.18. The Balaban J connectivity index is 1.34. The van der Waals surface area contributed by atoms with E-state index >= 15 is 0 Å². The smallest absolute Gasteiger partial charge is 0.263 e. The van der Waals surface area contributed by atoms with E-state index in [0.29, 0.717) is 48.9 Å². The lowest BCUT2D eigenvalue weighted by atomic mass is 10.1. The van der Waals surface area contributed by atoms with Gasteiger partial charge in [0.25, 0.3) is 5.71 Å². The van der Waals surface area contributed by atoms with Crippen LogP contribution < -0.4 is 9.64 Å². The number of carbonyl (C=O) groups excluding carboxylic acids is 1. The highest BCUT2D eigenvalue weighted by atomic mass is 16.5. The molecule has 1 amide bonds. The van der Waals surface area contributed by atoms with Crippen molar-refractivity contribution in [2.45, 2.75) is 45.4 Å². The van der Waals surface area contributed by atoms with E-state index in [0.717, 1.165) is 66.9 Å².